The van der Waals surface area contributed by atoms with Gasteiger partial charge in [-0.2, -0.15) is 0 Å². The van der Waals surface area contributed by atoms with Gasteiger partial charge >= 0.3 is 6.09 Å². The number of alkyl carbamates (subject to hydrolysis) is 1. The Labute approximate surface area is 110 Å². The molecule has 1 fully saturated rings. The van der Waals surface area contributed by atoms with E-state index in [9.17, 15) is 4.79 Å². The van der Waals surface area contributed by atoms with Crippen molar-refractivity contribution in [2.24, 2.45) is 0 Å². The number of nitrogens with one attached hydrogen (secondary N) is 1. The Morgan fingerprint density at radius 1 is 1.44 bits per heavy atom. The van der Waals surface area contributed by atoms with Gasteiger partial charge < -0.3 is 14.8 Å². The second kappa shape index (κ2) is 6.98. The van der Waals surface area contributed by atoms with Crippen molar-refractivity contribution >= 4 is 6.09 Å². The Morgan fingerprint density at radius 2 is 2.17 bits per heavy atom. The van der Waals surface area contributed by atoms with E-state index in [-0.39, 0.29) is 12.1 Å². The largest absolute Gasteiger partial charge is 0.444 e. The van der Waals surface area contributed by atoms with E-state index < -0.39 is 5.60 Å². The summed E-state index contributed by atoms with van der Waals surface area (Å²) in [4.78, 5) is 11.7. The lowest BCUT2D eigenvalue weighted by Crippen LogP contribution is -2.41. The predicted octanol–water partition coefficient (Wildman–Crippen LogP) is 3.25. The standard InChI is InChI=1S/C14H27NO3/c1-5-11(10-12-8-6-7-9-17-12)15-13(16)18-14(2,3)4/h11-12H,5-10H2,1-4H3,(H,15,16)/t11-,12?/m1/s1. The van der Waals surface area contributed by atoms with Gasteiger partial charge in [-0.25, -0.2) is 4.79 Å². The number of ether oxygens (including phenoxy) is 2. The third-order valence-corrected chi connectivity index (χ3v) is 3.04. The summed E-state index contributed by atoms with van der Waals surface area (Å²) in [6.07, 6.45) is 5.24. The van der Waals surface area contributed by atoms with Crippen molar-refractivity contribution in [3.8, 4) is 0 Å². The van der Waals surface area contributed by atoms with Gasteiger partial charge in [0.2, 0.25) is 0 Å². The highest BCUT2D eigenvalue weighted by Gasteiger charge is 2.22. The molecule has 0 aliphatic carbocycles. The van der Waals surface area contributed by atoms with Crippen LogP contribution in [0.2, 0.25) is 0 Å². The first-order chi connectivity index (χ1) is 8.40. The summed E-state index contributed by atoms with van der Waals surface area (Å²) >= 11 is 0. The van der Waals surface area contributed by atoms with E-state index in [0.29, 0.717) is 6.10 Å². The first-order valence-electron chi connectivity index (χ1n) is 7.02. The molecular weight excluding hydrogens is 230 g/mol. The number of rotatable bonds is 4. The van der Waals surface area contributed by atoms with Gasteiger partial charge in [0.1, 0.15) is 5.60 Å². The maximum atomic E-state index is 11.7. The lowest BCUT2D eigenvalue weighted by Gasteiger charge is -2.28. The van der Waals surface area contributed by atoms with Crippen LogP contribution in [-0.4, -0.2) is 30.4 Å². The van der Waals surface area contributed by atoms with E-state index in [1.165, 1.54) is 6.42 Å². The minimum absolute atomic E-state index is 0.142. The number of carbonyl (C=O) groups is 1. The Hall–Kier alpha value is -0.770. The molecule has 0 spiro atoms. The van der Waals surface area contributed by atoms with Crippen molar-refractivity contribution < 1.29 is 14.3 Å². The van der Waals surface area contributed by atoms with Crippen LogP contribution < -0.4 is 5.32 Å². The molecule has 0 aromatic heterocycles. The molecule has 1 N–H and O–H groups in total. The lowest BCUT2D eigenvalue weighted by molar-refractivity contribution is 0.00305. The van der Waals surface area contributed by atoms with Crippen LogP contribution >= 0.6 is 0 Å². The highest BCUT2D eigenvalue weighted by molar-refractivity contribution is 5.68. The summed E-state index contributed by atoms with van der Waals surface area (Å²) in [6, 6.07) is 0.142. The van der Waals surface area contributed by atoms with E-state index >= 15 is 0 Å². The van der Waals surface area contributed by atoms with Crippen LogP contribution in [-0.2, 0) is 9.47 Å². The Balaban J connectivity index is 2.34. The smallest absolute Gasteiger partial charge is 0.407 e. The lowest BCUT2D eigenvalue weighted by atomic mass is 10.0. The molecule has 1 saturated heterocycles. The van der Waals surface area contributed by atoms with Crippen LogP contribution in [0.5, 0.6) is 0 Å². The van der Waals surface area contributed by atoms with Gasteiger partial charge in [-0.05, 0) is 52.9 Å². The van der Waals surface area contributed by atoms with E-state index in [1.54, 1.807) is 0 Å². The Morgan fingerprint density at radius 3 is 2.67 bits per heavy atom. The molecule has 0 aromatic carbocycles. The minimum atomic E-state index is -0.441. The number of hydrogen-bond acceptors (Lipinski definition) is 3. The Kier molecular flexibility index (Phi) is 5.93. The maximum Gasteiger partial charge on any atom is 0.407 e. The second-order valence-corrected chi connectivity index (χ2v) is 5.98. The SMILES string of the molecule is CC[C@H](CC1CCCCO1)NC(=O)OC(C)(C)C. The molecule has 4 heteroatoms. The quantitative estimate of drug-likeness (QED) is 0.841. The summed E-state index contributed by atoms with van der Waals surface area (Å²) in [6.45, 7) is 8.55. The van der Waals surface area contributed by atoms with Crippen molar-refractivity contribution in [2.75, 3.05) is 6.61 Å². The van der Waals surface area contributed by atoms with Gasteiger partial charge in [0.05, 0.1) is 6.10 Å². The fraction of sp³-hybridized carbons (Fsp3) is 0.929. The van der Waals surface area contributed by atoms with Crippen molar-refractivity contribution in [3.05, 3.63) is 0 Å². The summed E-state index contributed by atoms with van der Waals surface area (Å²) in [7, 11) is 0. The first-order valence-corrected chi connectivity index (χ1v) is 7.02. The molecule has 106 valence electrons. The molecule has 0 aromatic rings. The summed E-state index contributed by atoms with van der Waals surface area (Å²) in [5.41, 5.74) is -0.441. The Bertz CT molecular complexity index is 254. The molecule has 1 aliphatic rings. The molecule has 1 rings (SSSR count). The third kappa shape index (κ3) is 6.24. The third-order valence-electron chi connectivity index (χ3n) is 3.04. The molecule has 0 bridgehead atoms. The van der Waals surface area contributed by atoms with E-state index in [4.69, 9.17) is 9.47 Å². The van der Waals surface area contributed by atoms with Crippen LogP contribution in [0.15, 0.2) is 0 Å². The molecule has 1 amide bonds. The maximum absolute atomic E-state index is 11.7. The zero-order valence-corrected chi connectivity index (χ0v) is 12.1. The van der Waals surface area contributed by atoms with Crippen LogP contribution in [0.3, 0.4) is 0 Å². The highest BCUT2D eigenvalue weighted by atomic mass is 16.6. The molecule has 1 heterocycles. The normalized spacial score (nSPS) is 22.3. The average molecular weight is 257 g/mol. The van der Waals surface area contributed by atoms with Crippen LogP contribution in [0.4, 0.5) is 4.79 Å². The topological polar surface area (TPSA) is 47.6 Å². The summed E-state index contributed by atoms with van der Waals surface area (Å²) in [5.74, 6) is 0. The van der Waals surface area contributed by atoms with Gasteiger partial charge in [0.15, 0.2) is 0 Å². The molecule has 1 aliphatic heterocycles. The van der Waals surface area contributed by atoms with Crippen molar-refractivity contribution in [1.29, 1.82) is 0 Å². The minimum Gasteiger partial charge on any atom is -0.444 e. The molecule has 4 nitrogen and oxygen atoms in total. The van der Waals surface area contributed by atoms with E-state index in [0.717, 1.165) is 32.3 Å². The number of hydrogen-bond donors (Lipinski definition) is 1. The van der Waals surface area contributed by atoms with Crippen molar-refractivity contribution in [1.82, 2.24) is 5.32 Å². The predicted molar refractivity (Wildman–Crippen MR) is 71.7 cm³/mol. The molecule has 0 saturated carbocycles. The van der Waals surface area contributed by atoms with Gasteiger partial charge in [-0.3, -0.25) is 0 Å². The van der Waals surface area contributed by atoms with E-state index in [1.807, 2.05) is 20.8 Å². The average Bonchev–Trinajstić information content (AvgIpc) is 2.27. The van der Waals surface area contributed by atoms with Crippen molar-refractivity contribution in [2.45, 2.75) is 77.5 Å². The van der Waals surface area contributed by atoms with Crippen LogP contribution in [0, 0.1) is 0 Å². The van der Waals surface area contributed by atoms with Gasteiger partial charge in [0, 0.05) is 12.6 Å². The highest BCUT2D eigenvalue weighted by Crippen LogP contribution is 2.18. The summed E-state index contributed by atoms with van der Waals surface area (Å²) < 4.78 is 11.0. The zero-order chi connectivity index (χ0) is 13.6. The van der Waals surface area contributed by atoms with Crippen LogP contribution in [0.1, 0.15) is 59.8 Å². The molecular formula is C14H27NO3. The van der Waals surface area contributed by atoms with Crippen molar-refractivity contribution in [3.63, 3.8) is 0 Å². The molecule has 1 unspecified atom stereocenters. The van der Waals surface area contributed by atoms with Gasteiger partial charge in [-0.15, -0.1) is 0 Å². The zero-order valence-electron chi connectivity index (χ0n) is 12.1. The monoisotopic (exact) mass is 257 g/mol. The molecule has 18 heavy (non-hydrogen) atoms. The number of carbonyl (C=O) groups excluding carboxylic acids is 1. The van der Waals surface area contributed by atoms with Gasteiger partial charge in [0.25, 0.3) is 0 Å². The fourth-order valence-electron chi connectivity index (χ4n) is 2.11. The second-order valence-electron chi connectivity index (χ2n) is 5.98. The summed E-state index contributed by atoms with van der Waals surface area (Å²) in [5, 5.41) is 2.93. The van der Waals surface area contributed by atoms with Crippen LogP contribution in [0.25, 0.3) is 0 Å². The van der Waals surface area contributed by atoms with E-state index in [2.05, 4.69) is 12.2 Å². The number of amides is 1. The fourth-order valence-corrected chi connectivity index (χ4v) is 2.11. The first kappa shape index (κ1) is 15.3. The molecule has 0 radical (unpaired) electrons. The molecule has 2 atom stereocenters. The van der Waals surface area contributed by atoms with Gasteiger partial charge in [-0.1, -0.05) is 6.92 Å².